The van der Waals surface area contributed by atoms with Crippen LogP contribution >= 0.6 is 15.9 Å². The lowest BCUT2D eigenvalue weighted by Gasteiger charge is -2.32. The first kappa shape index (κ1) is 16.2. The van der Waals surface area contributed by atoms with E-state index in [1.807, 2.05) is 17.2 Å². The summed E-state index contributed by atoms with van der Waals surface area (Å²) in [4.78, 5) is 22.9. The molecule has 0 saturated carbocycles. The first-order valence-electron chi connectivity index (χ1n) is 8.07. The third kappa shape index (κ3) is 3.80. The molecule has 0 bridgehead atoms. The summed E-state index contributed by atoms with van der Waals surface area (Å²) in [7, 11) is 0. The number of piperidine rings is 1. The van der Waals surface area contributed by atoms with Gasteiger partial charge in [-0.1, -0.05) is 6.92 Å². The molecule has 23 heavy (non-hydrogen) atoms. The molecule has 1 saturated heterocycles. The number of aryl methyl sites for hydroxylation is 1. The Bertz CT molecular complexity index is 677. The van der Waals surface area contributed by atoms with Crippen LogP contribution in [0, 0.1) is 5.92 Å². The Labute approximate surface area is 144 Å². The van der Waals surface area contributed by atoms with Crippen LogP contribution in [0.1, 0.15) is 35.9 Å². The summed E-state index contributed by atoms with van der Waals surface area (Å²) in [5, 5.41) is 0. The molecule has 1 aliphatic rings. The maximum Gasteiger partial charge on any atom is 0.255 e. The Balaban J connectivity index is 1.57. The summed E-state index contributed by atoms with van der Waals surface area (Å²) in [6, 6.07) is 1.83. The summed E-state index contributed by atoms with van der Waals surface area (Å²) in [6.07, 6.45) is 10.3. The zero-order chi connectivity index (χ0) is 16.2. The molecular formula is C17H21BrN4O. The topological polar surface area (TPSA) is 51.0 Å². The second-order valence-corrected chi connectivity index (χ2v) is 6.89. The Kier molecular flexibility index (Phi) is 5.10. The van der Waals surface area contributed by atoms with Crippen LogP contribution in [0.15, 0.2) is 35.3 Å². The highest BCUT2D eigenvalue weighted by Gasteiger charge is 2.24. The smallest absolute Gasteiger partial charge is 0.255 e. The van der Waals surface area contributed by atoms with E-state index >= 15 is 0 Å². The molecule has 0 N–H and O–H groups in total. The standard InChI is InChI=1S/C17H21BrN4O/c1-2-16-20-5-8-22(16)12-13-3-6-21(7-4-13)17(23)14-9-15(18)11-19-10-14/h5,8-11,13H,2-4,6-7,12H2,1H3. The fourth-order valence-electron chi connectivity index (χ4n) is 3.13. The van der Waals surface area contributed by atoms with Crippen LogP contribution < -0.4 is 0 Å². The number of aromatic nitrogens is 3. The number of hydrogen-bond acceptors (Lipinski definition) is 3. The number of imidazole rings is 1. The minimum Gasteiger partial charge on any atom is -0.339 e. The van der Waals surface area contributed by atoms with Crippen molar-refractivity contribution in [1.29, 1.82) is 0 Å². The van der Waals surface area contributed by atoms with Crippen LogP contribution in [0.5, 0.6) is 0 Å². The normalized spacial score (nSPS) is 15.8. The van der Waals surface area contributed by atoms with Crippen LogP contribution in [0.3, 0.4) is 0 Å². The average Bonchev–Trinajstić information content (AvgIpc) is 3.02. The molecule has 2 aromatic heterocycles. The van der Waals surface area contributed by atoms with E-state index in [9.17, 15) is 4.79 Å². The van der Waals surface area contributed by atoms with Crippen LogP contribution in [0.2, 0.25) is 0 Å². The third-order valence-corrected chi connectivity index (χ3v) is 4.86. The highest BCUT2D eigenvalue weighted by atomic mass is 79.9. The quantitative estimate of drug-likeness (QED) is 0.823. The maximum absolute atomic E-state index is 12.5. The minimum absolute atomic E-state index is 0.0779. The van der Waals surface area contributed by atoms with Crippen molar-refractivity contribution < 1.29 is 4.79 Å². The molecule has 0 aliphatic carbocycles. The molecule has 0 radical (unpaired) electrons. The van der Waals surface area contributed by atoms with Gasteiger partial charge >= 0.3 is 0 Å². The molecule has 3 heterocycles. The van der Waals surface area contributed by atoms with E-state index in [0.29, 0.717) is 11.5 Å². The summed E-state index contributed by atoms with van der Waals surface area (Å²) in [5.74, 6) is 1.83. The van der Waals surface area contributed by atoms with Gasteiger partial charge in [0.05, 0.1) is 5.56 Å². The van der Waals surface area contributed by atoms with Gasteiger partial charge in [-0.05, 0) is 40.8 Å². The molecule has 0 spiro atoms. The summed E-state index contributed by atoms with van der Waals surface area (Å²) < 4.78 is 3.09. The van der Waals surface area contributed by atoms with Crippen LogP contribution in [0.25, 0.3) is 0 Å². The van der Waals surface area contributed by atoms with Gasteiger partial charge in [0.15, 0.2) is 0 Å². The van der Waals surface area contributed by atoms with Gasteiger partial charge in [0.1, 0.15) is 5.82 Å². The predicted molar refractivity (Wildman–Crippen MR) is 92.2 cm³/mol. The van der Waals surface area contributed by atoms with Gasteiger partial charge in [-0.25, -0.2) is 4.98 Å². The Morgan fingerprint density at radius 3 is 2.83 bits per heavy atom. The van der Waals surface area contributed by atoms with Crippen molar-refractivity contribution in [2.45, 2.75) is 32.7 Å². The number of amides is 1. The Morgan fingerprint density at radius 1 is 1.35 bits per heavy atom. The second kappa shape index (κ2) is 7.25. The monoisotopic (exact) mass is 376 g/mol. The van der Waals surface area contributed by atoms with Crippen molar-refractivity contribution in [1.82, 2.24) is 19.4 Å². The highest BCUT2D eigenvalue weighted by molar-refractivity contribution is 9.10. The van der Waals surface area contributed by atoms with Crippen LogP contribution in [-0.2, 0) is 13.0 Å². The highest BCUT2D eigenvalue weighted by Crippen LogP contribution is 2.22. The third-order valence-electron chi connectivity index (χ3n) is 4.43. The van der Waals surface area contributed by atoms with Gasteiger partial charge < -0.3 is 9.47 Å². The van der Waals surface area contributed by atoms with Gasteiger partial charge in [-0.3, -0.25) is 9.78 Å². The van der Waals surface area contributed by atoms with Gasteiger partial charge in [0, 0.05) is 55.3 Å². The van der Waals surface area contributed by atoms with E-state index in [1.165, 1.54) is 0 Å². The number of likely N-dealkylation sites (tertiary alicyclic amines) is 1. The van der Waals surface area contributed by atoms with Crippen molar-refractivity contribution in [3.05, 3.63) is 46.7 Å². The zero-order valence-corrected chi connectivity index (χ0v) is 14.9. The number of rotatable bonds is 4. The number of carbonyl (C=O) groups excluding carboxylic acids is 1. The fourth-order valence-corrected chi connectivity index (χ4v) is 3.49. The van der Waals surface area contributed by atoms with Gasteiger partial charge in [-0.15, -0.1) is 0 Å². The van der Waals surface area contributed by atoms with Crippen molar-refractivity contribution in [3.8, 4) is 0 Å². The lowest BCUT2D eigenvalue weighted by Crippen LogP contribution is -2.39. The lowest BCUT2D eigenvalue weighted by atomic mass is 9.96. The molecule has 0 unspecified atom stereocenters. The van der Waals surface area contributed by atoms with Crippen LogP contribution in [-0.4, -0.2) is 38.4 Å². The van der Waals surface area contributed by atoms with Crippen molar-refractivity contribution >= 4 is 21.8 Å². The van der Waals surface area contributed by atoms with E-state index < -0.39 is 0 Å². The van der Waals surface area contributed by atoms with Gasteiger partial charge in [0.25, 0.3) is 5.91 Å². The molecule has 0 atom stereocenters. The molecule has 2 aromatic rings. The summed E-state index contributed by atoms with van der Waals surface area (Å²) >= 11 is 3.37. The lowest BCUT2D eigenvalue weighted by molar-refractivity contribution is 0.0682. The predicted octanol–water partition coefficient (Wildman–Crippen LogP) is 3.16. The van der Waals surface area contributed by atoms with E-state index in [-0.39, 0.29) is 5.91 Å². The molecule has 3 rings (SSSR count). The van der Waals surface area contributed by atoms with E-state index in [0.717, 1.165) is 49.2 Å². The first-order chi connectivity index (χ1) is 11.2. The van der Waals surface area contributed by atoms with Crippen molar-refractivity contribution in [2.24, 2.45) is 5.92 Å². The molecular weight excluding hydrogens is 356 g/mol. The van der Waals surface area contributed by atoms with Gasteiger partial charge in [0.2, 0.25) is 0 Å². The summed E-state index contributed by atoms with van der Waals surface area (Å²) in [6.45, 7) is 4.76. The van der Waals surface area contributed by atoms with Crippen LogP contribution in [0.4, 0.5) is 0 Å². The number of carbonyl (C=O) groups is 1. The van der Waals surface area contributed by atoms with Crippen molar-refractivity contribution in [3.63, 3.8) is 0 Å². The van der Waals surface area contributed by atoms with Gasteiger partial charge in [-0.2, -0.15) is 0 Å². The van der Waals surface area contributed by atoms with E-state index in [2.05, 4.69) is 43.6 Å². The molecule has 0 aromatic carbocycles. The number of nitrogens with zero attached hydrogens (tertiary/aromatic N) is 4. The molecule has 5 nitrogen and oxygen atoms in total. The zero-order valence-electron chi connectivity index (χ0n) is 13.3. The molecule has 1 amide bonds. The Hall–Kier alpha value is -1.69. The average molecular weight is 377 g/mol. The van der Waals surface area contributed by atoms with E-state index in [1.54, 1.807) is 12.4 Å². The molecule has 1 fully saturated rings. The molecule has 1 aliphatic heterocycles. The van der Waals surface area contributed by atoms with Crippen molar-refractivity contribution in [2.75, 3.05) is 13.1 Å². The number of hydrogen-bond donors (Lipinski definition) is 0. The Morgan fingerprint density at radius 2 is 2.13 bits per heavy atom. The minimum atomic E-state index is 0.0779. The fraction of sp³-hybridized carbons (Fsp3) is 0.471. The molecule has 6 heteroatoms. The van der Waals surface area contributed by atoms with E-state index in [4.69, 9.17) is 0 Å². The number of pyridine rings is 1. The maximum atomic E-state index is 12.5. The largest absolute Gasteiger partial charge is 0.339 e. The first-order valence-corrected chi connectivity index (χ1v) is 8.86. The second-order valence-electron chi connectivity index (χ2n) is 5.98. The number of halogens is 1. The summed E-state index contributed by atoms with van der Waals surface area (Å²) in [5.41, 5.74) is 0.653. The molecule has 122 valence electrons. The SMILES string of the molecule is CCc1nccn1CC1CCN(C(=O)c2cncc(Br)c2)CC1.